The number of rotatable bonds is 5. The summed E-state index contributed by atoms with van der Waals surface area (Å²) in [6.45, 7) is 0. The normalized spacial score (nSPS) is 11.9. The number of benzene rings is 8. The maximum Gasteiger partial charge on any atom is 0.166 e. The van der Waals surface area contributed by atoms with Crippen LogP contribution in [-0.2, 0) is 0 Å². The molecule has 0 unspecified atom stereocenters. The molecular formula is C51H30N4S2. The van der Waals surface area contributed by atoms with E-state index in [1.165, 1.54) is 62.2 Å². The summed E-state index contributed by atoms with van der Waals surface area (Å²) in [6, 6.07) is 64.8. The summed E-state index contributed by atoms with van der Waals surface area (Å²) in [5, 5.41) is 7.52. The fraction of sp³-hybridized carbons (Fsp3) is 0. The van der Waals surface area contributed by atoms with Crippen LogP contribution in [0.25, 0.3) is 113 Å². The van der Waals surface area contributed by atoms with Crippen molar-refractivity contribution in [3.8, 4) is 51.0 Å². The first-order valence-corrected chi connectivity index (χ1v) is 20.7. The Hall–Kier alpha value is -6.99. The average Bonchev–Trinajstić information content (AvgIpc) is 3.95. The van der Waals surface area contributed by atoms with Crippen molar-refractivity contribution in [1.82, 2.24) is 19.5 Å². The predicted molar refractivity (Wildman–Crippen MR) is 242 cm³/mol. The van der Waals surface area contributed by atoms with Gasteiger partial charge in [0, 0.05) is 67.8 Å². The van der Waals surface area contributed by atoms with Gasteiger partial charge >= 0.3 is 0 Å². The molecule has 0 aliphatic heterocycles. The first kappa shape index (κ1) is 32.3. The van der Waals surface area contributed by atoms with E-state index in [0.717, 1.165) is 33.4 Å². The summed E-state index contributed by atoms with van der Waals surface area (Å²) in [5.41, 5.74) is 8.66. The second-order valence-electron chi connectivity index (χ2n) is 14.4. The molecule has 0 aliphatic carbocycles. The third-order valence-corrected chi connectivity index (χ3v) is 13.4. The second kappa shape index (κ2) is 12.8. The van der Waals surface area contributed by atoms with E-state index < -0.39 is 0 Å². The van der Waals surface area contributed by atoms with Crippen LogP contribution in [0.5, 0.6) is 0 Å². The third-order valence-electron chi connectivity index (χ3n) is 11.1. The van der Waals surface area contributed by atoms with Gasteiger partial charge in [0.05, 0.1) is 16.7 Å². The molecule has 0 aliphatic rings. The van der Waals surface area contributed by atoms with Crippen LogP contribution in [-0.4, -0.2) is 19.5 Å². The number of fused-ring (bicyclic) bond motifs is 9. The number of nitrogens with zero attached hydrogens (tertiary/aromatic N) is 4. The van der Waals surface area contributed by atoms with Gasteiger partial charge in [0.2, 0.25) is 0 Å². The van der Waals surface area contributed by atoms with Crippen molar-refractivity contribution in [3.63, 3.8) is 0 Å². The molecule has 6 heteroatoms. The van der Waals surface area contributed by atoms with Crippen molar-refractivity contribution >= 4 is 84.8 Å². The highest BCUT2D eigenvalue weighted by Crippen LogP contribution is 2.44. The van der Waals surface area contributed by atoms with Crippen molar-refractivity contribution in [3.05, 3.63) is 182 Å². The highest BCUT2D eigenvalue weighted by atomic mass is 32.1. The SMILES string of the molecule is c1ccc(-c2nc(-c3ccc4c(c3)sc3ccccc34)nc(-c3ccccc3-n3c4ccccc4c4cc5c(cc43)sc3c(-c4ccccc4)cccc35)n2)cc1. The molecular weight excluding hydrogens is 733 g/mol. The molecule has 0 radical (unpaired) electrons. The summed E-state index contributed by atoms with van der Waals surface area (Å²) in [7, 11) is 0. The molecule has 8 aromatic carbocycles. The lowest BCUT2D eigenvalue weighted by Crippen LogP contribution is -2.03. The van der Waals surface area contributed by atoms with E-state index in [-0.39, 0.29) is 0 Å². The molecule has 0 amide bonds. The zero-order valence-electron chi connectivity index (χ0n) is 30.4. The van der Waals surface area contributed by atoms with Gasteiger partial charge in [-0.1, -0.05) is 140 Å². The summed E-state index contributed by atoms with van der Waals surface area (Å²) in [5.74, 6) is 1.92. The molecule has 0 atom stereocenters. The molecule has 266 valence electrons. The van der Waals surface area contributed by atoms with E-state index in [2.05, 4.69) is 168 Å². The van der Waals surface area contributed by atoms with Gasteiger partial charge in [0.25, 0.3) is 0 Å². The molecule has 12 rings (SSSR count). The fourth-order valence-electron chi connectivity index (χ4n) is 8.43. The van der Waals surface area contributed by atoms with Gasteiger partial charge in [0.1, 0.15) is 0 Å². The molecule has 12 aromatic rings. The van der Waals surface area contributed by atoms with Crippen LogP contribution in [0.3, 0.4) is 0 Å². The number of aromatic nitrogens is 4. The van der Waals surface area contributed by atoms with Crippen LogP contribution in [0, 0.1) is 0 Å². The Morgan fingerprint density at radius 1 is 0.333 bits per heavy atom. The number of hydrogen-bond acceptors (Lipinski definition) is 5. The minimum Gasteiger partial charge on any atom is -0.308 e. The van der Waals surface area contributed by atoms with E-state index in [4.69, 9.17) is 15.0 Å². The molecule has 0 spiro atoms. The van der Waals surface area contributed by atoms with Gasteiger partial charge in [-0.2, -0.15) is 0 Å². The number of para-hydroxylation sites is 2. The van der Waals surface area contributed by atoms with Crippen LogP contribution < -0.4 is 0 Å². The lowest BCUT2D eigenvalue weighted by atomic mass is 10.0. The lowest BCUT2D eigenvalue weighted by molar-refractivity contribution is 1.07. The molecule has 4 aromatic heterocycles. The minimum atomic E-state index is 0.632. The Labute approximate surface area is 335 Å². The monoisotopic (exact) mass is 762 g/mol. The van der Waals surface area contributed by atoms with Gasteiger partial charge in [-0.05, 0) is 53.6 Å². The first-order valence-electron chi connectivity index (χ1n) is 19.0. The Balaban J connectivity index is 1.09. The van der Waals surface area contributed by atoms with Crippen LogP contribution in [0.1, 0.15) is 0 Å². The Kier molecular flexibility index (Phi) is 7.24. The Morgan fingerprint density at radius 2 is 0.965 bits per heavy atom. The quantitative estimate of drug-likeness (QED) is 0.175. The number of thiophene rings is 2. The van der Waals surface area contributed by atoms with Crippen molar-refractivity contribution in [2.75, 3.05) is 0 Å². The highest BCUT2D eigenvalue weighted by Gasteiger charge is 2.21. The van der Waals surface area contributed by atoms with E-state index in [1.54, 1.807) is 11.3 Å². The standard InChI is InChI=1S/C51H30N4S2/c1-3-14-31(15-4-1)34-21-13-22-38-41-29-40-35-18-7-10-23-42(35)55(44(40)30-47(41)57-48(34)38)43-24-11-8-20-39(43)51-53-49(32-16-5-2-6-17-32)52-50(54-51)33-26-27-37-36-19-9-12-25-45(36)56-46(37)28-33/h1-30H. The maximum atomic E-state index is 5.28. The zero-order valence-corrected chi connectivity index (χ0v) is 32.1. The van der Waals surface area contributed by atoms with Crippen molar-refractivity contribution in [2.24, 2.45) is 0 Å². The van der Waals surface area contributed by atoms with Crippen molar-refractivity contribution in [1.29, 1.82) is 0 Å². The molecule has 0 N–H and O–H groups in total. The van der Waals surface area contributed by atoms with Crippen molar-refractivity contribution < 1.29 is 0 Å². The lowest BCUT2D eigenvalue weighted by Gasteiger charge is -2.14. The van der Waals surface area contributed by atoms with Gasteiger partial charge in [-0.15, -0.1) is 22.7 Å². The molecule has 4 heterocycles. The van der Waals surface area contributed by atoms with Crippen LogP contribution in [0.15, 0.2) is 182 Å². The molecule has 0 fully saturated rings. The fourth-order valence-corrected chi connectivity index (χ4v) is 10.8. The Morgan fingerprint density at radius 3 is 1.82 bits per heavy atom. The second-order valence-corrected chi connectivity index (χ2v) is 16.5. The molecule has 0 bridgehead atoms. The highest BCUT2D eigenvalue weighted by molar-refractivity contribution is 7.26. The minimum absolute atomic E-state index is 0.632. The van der Waals surface area contributed by atoms with Gasteiger partial charge in [0.15, 0.2) is 17.5 Å². The maximum absolute atomic E-state index is 5.28. The smallest absolute Gasteiger partial charge is 0.166 e. The van der Waals surface area contributed by atoms with Gasteiger partial charge in [-0.25, -0.2) is 15.0 Å². The van der Waals surface area contributed by atoms with E-state index in [0.29, 0.717) is 17.5 Å². The first-order chi connectivity index (χ1) is 28.2. The van der Waals surface area contributed by atoms with Crippen LogP contribution >= 0.6 is 22.7 Å². The summed E-state index contributed by atoms with van der Waals surface area (Å²) in [6.07, 6.45) is 0. The van der Waals surface area contributed by atoms with Gasteiger partial charge < -0.3 is 4.57 Å². The predicted octanol–water partition coefficient (Wildman–Crippen LogP) is 14.4. The van der Waals surface area contributed by atoms with E-state index in [9.17, 15) is 0 Å². The van der Waals surface area contributed by atoms with E-state index in [1.807, 2.05) is 29.5 Å². The largest absolute Gasteiger partial charge is 0.308 e. The third kappa shape index (κ3) is 5.15. The molecule has 0 saturated heterocycles. The van der Waals surface area contributed by atoms with Crippen LogP contribution in [0.4, 0.5) is 0 Å². The molecule has 4 nitrogen and oxygen atoms in total. The molecule has 57 heavy (non-hydrogen) atoms. The van der Waals surface area contributed by atoms with Crippen LogP contribution in [0.2, 0.25) is 0 Å². The summed E-state index contributed by atoms with van der Waals surface area (Å²) >= 11 is 3.67. The topological polar surface area (TPSA) is 43.6 Å². The summed E-state index contributed by atoms with van der Waals surface area (Å²) in [4.78, 5) is 15.6. The Bertz CT molecular complexity index is 3530. The van der Waals surface area contributed by atoms with Crippen molar-refractivity contribution in [2.45, 2.75) is 0 Å². The molecule has 0 saturated carbocycles. The zero-order chi connectivity index (χ0) is 37.5. The van der Waals surface area contributed by atoms with Gasteiger partial charge in [-0.3, -0.25) is 0 Å². The average molecular weight is 763 g/mol. The number of hydrogen-bond donors (Lipinski definition) is 0. The van der Waals surface area contributed by atoms with E-state index >= 15 is 0 Å². The summed E-state index contributed by atoms with van der Waals surface area (Å²) < 4.78 is 7.45.